The van der Waals surface area contributed by atoms with Gasteiger partial charge in [0.05, 0.1) is 11.5 Å². The molecule has 2 nitrogen and oxygen atoms in total. The van der Waals surface area contributed by atoms with Gasteiger partial charge in [0.1, 0.15) is 0 Å². The minimum atomic E-state index is -0.233. The van der Waals surface area contributed by atoms with Gasteiger partial charge in [-0.05, 0) is 36.3 Å². The van der Waals surface area contributed by atoms with Crippen molar-refractivity contribution >= 4 is 5.69 Å². The van der Waals surface area contributed by atoms with E-state index in [4.69, 9.17) is 5.73 Å². The van der Waals surface area contributed by atoms with Gasteiger partial charge >= 0.3 is 0 Å². The lowest BCUT2D eigenvalue weighted by Gasteiger charge is -2.14. The van der Waals surface area contributed by atoms with Crippen molar-refractivity contribution in [3.05, 3.63) is 29.8 Å². The summed E-state index contributed by atoms with van der Waals surface area (Å²) >= 11 is 0. The maximum Gasteiger partial charge on any atom is 0.0904 e. The average Bonchev–Trinajstić information content (AvgIpc) is 2.64. The molecular formula is C13H14N2. The molecule has 2 aliphatic rings. The molecule has 2 N–H and O–H groups in total. The highest BCUT2D eigenvalue weighted by atomic mass is 14.7. The van der Waals surface area contributed by atoms with Gasteiger partial charge in [0.2, 0.25) is 0 Å². The smallest absolute Gasteiger partial charge is 0.0904 e. The Balaban J connectivity index is 2.08. The van der Waals surface area contributed by atoms with Gasteiger partial charge in [0.25, 0.3) is 0 Å². The van der Waals surface area contributed by atoms with Crippen LogP contribution < -0.4 is 5.73 Å². The van der Waals surface area contributed by atoms with Crippen molar-refractivity contribution in [2.24, 2.45) is 11.8 Å². The first-order chi connectivity index (χ1) is 7.30. The molecule has 2 aliphatic carbocycles. The van der Waals surface area contributed by atoms with Crippen molar-refractivity contribution < 1.29 is 0 Å². The van der Waals surface area contributed by atoms with Gasteiger partial charge in [-0.3, -0.25) is 0 Å². The van der Waals surface area contributed by atoms with Crippen LogP contribution >= 0.6 is 0 Å². The summed E-state index contributed by atoms with van der Waals surface area (Å²) in [6, 6.07) is 10.4. The largest absolute Gasteiger partial charge is 0.398 e. The van der Waals surface area contributed by atoms with Crippen molar-refractivity contribution in [3.8, 4) is 6.07 Å². The number of benzene rings is 1. The highest BCUT2D eigenvalue weighted by molar-refractivity contribution is 5.58. The molecule has 1 aromatic rings. The highest BCUT2D eigenvalue weighted by Crippen LogP contribution is 2.68. The van der Waals surface area contributed by atoms with E-state index in [9.17, 15) is 5.26 Å². The van der Waals surface area contributed by atoms with Crippen LogP contribution in [0.4, 0.5) is 5.69 Å². The normalized spacial score (nSPS) is 37.0. The molecular weight excluding hydrogens is 184 g/mol. The van der Waals surface area contributed by atoms with E-state index in [-0.39, 0.29) is 5.41 Å². The van der Waals surface area contributed by atoms with Crippen molar-refractivity contribution in [2.45, 2.75) is 24.7 Å². The number of hydrogen-bond acceptors (Lipinski definition) is 2. The molecule has 3 atom stereocenters. The van der Waals surface area contributed by atoms with E-state index < -0.39 is 0 Å². The molecule has 3 rings (SSSR count). The number of nitrogens with two attached hydrogens (primary N) is 1. The number of nitriles is 1. The maximum absolute atomic E-state index is 9.43. The van der Waals surface area contributed by atoms with Crippen LogP contribution in [0.25, 0.3) is 0 Å². The Kier molecular flexibility index (Phi) is 1.62. The lowest BCUT2D eigenvalue weighted by atomic mass is 9.88. The fourth-order valence-corrected chi connectivity index (χ4v) is 3.45. The summed E-state index contributed by atoms with van der Waals surface area (Å²) in [6.07, 6.45) is 3.69. The van der Waals surface area contributed by atoms with Crippen LogP contribution in [0.15, 0.2) is 24.3 Å². The van der Waals surface area contributed by atoms with E-state index in [2.05, 4.69) is 6.07 Å². The Morgan fingerprint density at radius 2 is 1.93 bits per heavy atom. The Morgan fingerprint density at radius 3 is 2.53 bits per heavy atom. The van der Waals surface area contributed by atoms with E-state index in [0.717, 1.165) is 11.3 Å². The van der Waals surface area contributed by atoms with Gasteiger partial charge in [0.15, 0.2) is 0 Å². The molecule has 1 aromatic carbocycles. The van der Waals surface area contributed by atoms with Gasteiger partial charge in [-0.25, -0.2) is 0 Å². The zero-order chi connectivity index (χ0) is 10.5. The van der Waals surface area contributed by atoms with Crippen molar-refractivity contribution in [3.63, 3.8) is 0 Å². The van der Waals surface area contributed by atoms with Crippen LogP contribution in [0.3, 0.4) is 0 Å². The van der Waals surface area contributed by atoms with Crippen LogP contribution in [0.5, 0.6) is 0 Å². The maximum atomic E-state index is 9.43. The molecule has 0 amide bonds. The van der Waals surface area contributed by atoms with E-state index in [0.29, 0.717) is 11.8 Å². The van der Waals surface area contributed by atoms with Crippen LogP contribution in [0, 0.1) is 23.2 Å². The van der Waals surface area contributed by atoms with Crippen LogP contribution in [-0.4, -0.2) is 0 Å². The molecule has 0 heterocycles. The molecule has 0 spiro atoms. The molecule has 1 unspecified atom stereocenters. The van der Waals surface area contributed by atoms with Crippen LogP contribution in [-0.2, 0) is 5.41 Å². The van der Waals surface area contributed by atoms with Crippen LogP contribution in [0.1, 0.15) is 24.8 Å². The first-order valence-corrected chi connectivity index (χ1v) is 5.57. The lowest BCUT2D eigenvalue weighted by molar-refractivity contribution is 0.606. The van der Waals surface area contributed by atoms with Gasteiger partial charge in [-0.2, -0.15) is 5.26 Å². The zero-order valence-corrected chi connectivity index (χ0v) is 8.61. The molecule has 0 aromatic heterocycles. The molecule has 2 fully saturated rings. The first kappa shape index (κ1) is 8.79. The molecule has 2 saturated carbocycles. The van der Waals surface area contributed by atoms with Gasteiger partial charge in [-0.15, -0.1) is 0 Å². The fraction of sp³-hybridized carbons (Fsp3) is 0.462. The highest BCUT2D eigenvalue weighted by Gasteiger charge is 2.68. The number of nitrogen functional groups attached to an aromatic ring is 1. The van der Waals surface area contributed by atoms with Gasteiger partial charge in [-0.1, -0.05) is 24.6 Å². The van der Waals surface area contributed by atoms with Crippen LogP contribution in [0.2, 0.25) is 0 Å². The number of para-hydroxylation sites is 1. The van der Waals surface area contributed by atoms with E-state index in [1.54, 1.807) is 0 Å². The Bertz CT molecular complexity index is 434. The first-order valence-electron chi connectivity index (χ1n) is 5.57. The topological polar surface area (TPSA) is 49.8 Å². The summed E-state index contributed by atoms with van der Waals surface area (Å²) < 4.78 is 0. The second-order valence-corrected chi connectivity index (χ2v) is 4.71. The Morgan fingerprint density at radius 1 is 1.27 bits per heavy atom. The SMILES string of the molecule is N#C[C@]1(c2ccccc2N)C2CCC[C@@H]21. The third kappa shape index (κ3) is 0.932. The summed E-state index contributed by atoms with van der Waals surface area (Å²) in [6.45, 7) is 0. The summed E-state index contributed by atoms with van der Waals surface area (Å²) in [7, 11) is 0. The van der Waals surface area contributed by atoms with E-state index in [1.807, 2.05) is 24.3 Å². The molecule has 0 radical (unpaired) electrons. The predicted molar refractivity (Wildman–Crippen MR) is 59.0 cm³/mol. The monoisotopic (exact) mass is 198 g/mol. The minimum absolute atomic E-state index is 0.233. The number of rotatable bonds is 1. The molecule has 15 heavy (non-hydrogen) atoms. The summed E-state index contributed by atoms with van der Waals surface area (Å²) in [4.78, 5) is 0. The number of hydrogen-bond donors (Lipinski definition) is 1. The standard InChI is InChI=1S/C13H14N2/c14-8-13(9-5-3-6-10(9)13)11-4-1-2-7-12(11)15/h1-2,4,7,9-10H,3,5-6,15H2/t9-,10?,13+/m0/s1. The second kappa shape index (κ2) is 2.76. The van der Waals surface area contributed by atoms with Crippen molar-refractivity contribution in [1.82, 2.24) is 0 Å². The molecule has 0 saturated heterocycles. The van der Waals surface area contributed by atoms with Crippen molar-refractivity contribution in [1.29, 1.82) is 5.26 Å². The molecule has 2 heteroatoms. The summed E-state index contributed by atoms with van der Waals surface area (Å²) in [5.74, 6) is 1.15. The lowest BCUT2D eigenvalue weighted by Crippen LogP contribution is -2.13. The van der Waals surface area contributed by atoms with Gasteiger partial charge in [0, 0.05) is 5.69 Å². The van der Waals surface area contributed by atoms with E-state index >= 15 is 0 Å². The second-order valence-electron chi connectivity index (χ2n) is 4.71. The third-order valence-electron chi connectivity index (χ3n) is 4.17. The Labute approximate surface area is 89.7 Å². The summed E-state index contributed by atoms with van der Waals surface area (Å²) in [5, 5.41) is 9.43. The summed E-state index contributed by atoms with van der Waals surface area (Å²) in [5.41, 5.74) is 7.60. The molecule has 76 valence electrons. The minimum Gasteiger partial charge on any atom is -0.398 e. The zero-order valence-electron chi connectivity index (χ0n) is 8.61. The quantitative estimate of drug-likeness (QED) is 0.705. The van der Waals surface area contributed by atoms with Gasteiger partial charge < -0.3 is 5.73 Å². The van der Waals surface area contributed by atoms with E-state index in [1.165, 1.54) is 19.3 Å². The third-order valence-corrected chi connectivity index (χ3v) is 4.17. The number of fused-ring (bicyclic) bond motifs is 1. The molecule has 0 bridgehead atoms. The Hall–Kier alpha value is -1.49. The molecule has 0 aliphatic heterocycles. The number of nitrogens with zero attached hydrogens (tertiary/aromatic N) is 1. The van der Waals surface area contributed by atoms with Crippen molar-refractivity contribution in [2.75, 3.05) is 5.73 Å². The number of anilines is 1. The fourth-order valence-electron chi connectivity index (χ4n) is 3.45. The average molecular weight is 198 g/mol. The predicted octanol–water partition coefficient (Wildman–Crippen LogP) is 2.46.